The second-order valence-electron chi connectivity index (χ2n) is 21.7. The quantitative estimate of drug-likeness (QED) is 0.0293. The number of rotatable bonds is 53. The first-order valence-corrected chi connectivity index (χ1v) is 30.3. The molecule has 1 aliphatic heterocycles. The van der Waals surface area contributed by atoms with Crippen LogP contribution in [0.4, 0.5) is 0 Å². The van der Waals surface area contributed by atoms with E-state index in [1.54, 1.807) is 0 Å². The van der Waals surface area contributed by atoms with Crippen molar-refractivity contribution >= 4 is 5.91 Å². The molecule has 0 radical (unpaired) electrons. The monoisotopic (exact) mass is 984 g/mol. The molecule has 1 rings (SSSR count). The van der Waals surface area contributed by atoms with Gasteiger partial charge in [-0.3, -0.25) is 4.79 Å². The topological polar surface area (TPSA) is 169 Å². The normalized spacial score (nSPS) is 19.8. The van der Waals surface area contributed by atoms with E-state index in [9.17, 15) is 35.4 Å². The number of aliphatic hydroxyl groups is 6. The number of hydrogen-bond acceptors (Lipinski definition) is 9. The largest absolute Gasteiger partial charge is 0.394 e. The molecule has 0 aliphatic carbocycles. The van der Waals surface area contributed by atoms with Crippen LogP contribution in [0, 0.1) is 0 Å². The lowest BCUT2D eigenvalue weighted by atomic mass is 9.98. The van der Waals surface area contributed by atoms with Gasteiger partial charge in [-0.05, 0) is 12.8 Å². The molecule has 0 spiro atoms. The van der Waals surface area contributed by atoms with E-state index in [0.29, 0.717) is 6.42 Å². The standard InChI is InChI=1S/C59H117NO9/c1-3-5-7-9-11-13-15-17-19-21-23-24-25-26-27-28-29-30-32-34-36-38-40-42-44-46-48-54(63)60-51(50-68-59-58(67)57(66)56(65)53(49-61)69-59)55(64)52(62)47-45-43-41-39-37-35-33-31-22-20-18-16-14-12-10-8-6-4-2/h51-53,55-59,61-62,64-67H,3-50H2,1-2H3,(H,60,63)/t51-,52+,53+,55-,56-,57-,58+,59-/m0/s1. The molecule has 10 nitrogen and oxygen atoms in total. The Balaban J connectivity index is 2.21. The molecule has 0 unspecified atom stereocenters. The average Bonchev–Trinajstić information content (AvgIpc) is 3.35. The summed E-state index contributed by atoms with van der Waals surface area (Å²) in [5.41, 5.74) is 0. The number of hydrogen-bond donors (Lipinski definition) is 7. The minimum atomic E-state index is -1.60. The van der Waals surface area contributed by atoms with Crippen molar-refractivity contribution in [2.45, 2.75) is 358 Å². The van der Waals surface area contributed by atoms with Crippen LogP contribution in [0.3, 0.4) is 0 Å². The summed E-state index contributed by atoms with van der Waals surface area (Å²) < 4.78 is 11.2. The average molecular weight is 985 g/mol. The molecule has 1 heterocycles. The van der Waals surface area contributed by atoms with Gasteiger partial charge < -0.3 is 45.4 Å². The number of carbonyl (C=O) groups is 1. The number of aliphatic hydroxyl groups excluding tert-OH is 6. The molecule has 0 bridgehead atoms. The second-order valence-corrected chi connectivity index (χ2v) is 21.7. The van der Waals surface area contributed by atoms with Crippen LogP contribution in [0.5, 0.6) is 0 Å². The van der Waals surface area contributed by atoms with Crippen molar-refractivity contribution in [2.75, 3.05) is 13.2 Å². The summed E-state index contributed by atoms with van der Waals surface area (Å²) in [7, 11) is 0. The van der Waals surface area contributed by atoms with Crippen LogP contribution >= 0.6 is 0 Å². The Morgan fingerprint density at radius 2 is 0.754 bits per heavy atom. The van der Waals surface area contributed by atoms with E-state index in [1.165, 1.54) is 244 Å². The molecule has 1 saturated heterocycles. The van der Waals surface area contributed by atoms with Gasteiger partial charge in [0.15, 0.2) is 6.29 Å². The lowest BCUT2D eigenvalue weighted by molar-refractivity contribution is -0.303. The molecule has 69 heavy (non-hydrogen) atoms. The van der Waals surface area contributed by atoms with Crippen LogP contribution in [0.25, 0.3) is 0 Å². The van der Waals surface area contributed by atoms with Gasteiger partial charge in [-0.25, -0.2) is 0 Å². The van der Waals surface area contributed by atoms with Gasteiger partial charge in [0, 0.05) is 6.42 Å². The van der Waals surface area contributed by atoms with Crippen LogP contribution in [0.15, 0.2) is 0 Å². The van der Waals surface area contributed by atoms with E-state index in [-0.39, 0.29) is 18.9 Å². The highest BCUT2D eigenvalue weighted by atomic mass is 16.7. The minimum absolute atomic E-state index is 0.249. The second kappa shape index (κ2) is 49.4. The third-order valence-corrected chi connectivity index (χ3v) is 15.1. The number of carbonyl (C=O) groups excluding carboxylic acids is 1. The first-order chi connectivity index (χ1) is 33.8. The molecule has 1 fully saturated rings. The van der Waals surface area contributed by atoms with Crippen LogP contribution < -0.4 is 5.32 Å². The van der Waals surface area contributed by atoms with Gasteiger partial charge in [-0.2, -0.15) is 0 Å². The molecule has 0 aromatic rings. The fourth-order valence-electron chi connectivity index (χ4n) is 10.2. The van der Waals surface area contributed by atoms with Gasteiger partial charge in [0.25, 0.3) is 0 Å². The highest BCUT2D eigenvalue weighted by Crippen LogP contribution is 2.24. The first kappa shape index (κ1) is 66.2. The van der Waals surface area contributed by atoms with Crippen LogP contribution in [-0.2, 0) is 14.3 Å². The van der Waals surface area contributed by atoms with Crippen molar-refractivity contribution in [3.8, 4) is 0 Å². The third kappa shape index (κ3) is 38.4. The fraction of sp³-hybridized carbons (Fsp3) is 0.983. The summed E-state index contributed by atoms with van der Waals surface area (Å²) in [5.74, 6) is -0.249. The number of unbranched alkanes of at least 4 members (excludes halogenated alkanes) is 42. The zero-order valence-corrected chi connectivity index (χ0v) is 45.5. The minimum Gasteiger partial charge on any atom is -0.394 e. The van der Waals surface area contributed by atoms with Gasteiger partial charge in [-0.1, -0.05) is 290 Å². The van der Waals surface area contributed by atoms with Gasteiger partial charge >= 0.3 is 0 Å². The molecule has 0 aromatic heterocycles. The molecule has 1 amide bonds. The molecular formula is C59H117NO9. The van der Waals surface area contributed by atoms with E-state index in [0.717, 1.165) is 38.5 Å². The Bertz CT molecular complexity index is 1070. The Morgan fingerprint density at radius 1 is 0.449 bits per heavy atom. The smallest absolute Gasteiger partial charge is 0.220 e. The molecular weight excluding hydrogens is 867 g/mol. The predicted octanol–water partition coefficient (Wildman–Crippen LogP) is 14.0. The van der Waals surface area contributed by atoms with E-state index >= 15 is 0 Å². The molecule has 412 valence electrons. The van der Waals surface area contributed by atoms with Crippen LogP contribution in [0.2, 0.25) is 0 Å². The van der Waals surface area contributed by atoms with Crippen LogP contribution in [-0.4, -0.2) is 98.7 Å². The van der Waals surface area contributed by atoms with Gasteiger partial charge in [0.05, 0.1) is 25.4 Å². The summed E-state index contributed by atoms with van der Waals surface area (Å²) in [5, 5.41) is 65.6. The Labute approximate surface area is 426 Å². The number of nitrogens with one attached hydrogen (secondary N) is 1. The molecule has 8 atom stereocenters. The van der Waals surface area contributed by atoms with Crippen molar-refractivity contribution in [3.05, 3.63) is 0 Å². The van der Waals surface area contributed by atoms with Gasteiger partial charge in [0.1, 0.15) is 30.5 Å². The number of ether oxygens (including phenoxy) is 2. The summed E-state index contributed by atoms with van der Waals surface area (Å²) in [6.45, 7) is 3.67. The van der Waals surface area contributed by atoms with Crippen molar-refractivity contribution in [2.24, 2.45) is 0 Å². The Kier molecular flexibility index (Phi) is 47.3. The highest BCUT2D eigenvalue weighted by Gasteiger charge is 2.44. The maximum Gasteiger partial charge on any atom is 0.220 e. The SMILES string of the molecule is CCCCCCCCCCCCCCCCCCCCCCCCCCCCC(=O)N[C@@H](CO[C@H]1O[C@H](CO)[C@H](O)[C@H](O)[C@H]1O)[C@H](O)[C@H](O)CCCCCCCCCCCCCCCCCCCC. The lowest BCUT2D eigenvalue weighted by Crippen LogP contribution is -2.60. The van der Waals surface area contributed by atoms with Crippen molar-refractivity contribution in [3.63, 3.8) is 0 Å². The Hall–Kier alpha value is -0.850. The first-order valence-electron chi connectivity index (χ1n) is 30.3. The Morgan fingerprint density at radius 3 is 1.07 bits per heavy atom. The fourth-order valence-corrected chi connectivity index (χ4v) is 10.2. The number of amides is 1. The van der Waals surface area contributed by atoms with Gasteiger partial charge in [-0.15, -0.1) is 0 Å². The van der Waals surface area contributed by atoms with Gasteiger partial charge in [0.2, 0.25) is 5.91 Å². The predicted molar refractivity (Wildman–Crippen MR) is 287 cm³/mol. The summed E-state index contributed by atoms with van der Waals surface area (Å²) in [6, 6.07) is -0.987. The van der Waals surface area contributed by atoms with E-state index in [2.05, 4.69) is 19.2 Å². The zero-order chi connectivity index (χ0) is 50.3. The maximum absolute atomic E-state index is 13.1. The molecule has 1 aliphatic rings. The third-order valence-electron chi connectivity index (χ3n) is 15.1. The van der Waals surface area contributed by atoms with Crippen molar-refractivity contribution in [1.29, 1.82) is 0 Å². The van der Waals surface area contributed by atoms with Crippen LogP contribution in [0.1, 0.15) is 309 Å². The van der Waals surface area contributed by atoms with E-state index in [4.69, 9.17) is 9.47 Å². The molecule has 10 heteroatoms. The molecule has 0 aromatic carbocycles. The summed E-state index contributed by atoms with van der Waals surface area (Å²) >= 11 is 0. The van der Waals surface area contributed by atoms with Crippen molar-refractivity contribution in [1.82, 2.24) is 5.32 Å². The zero-order valence-electron chi connectivity index (χ0n) is 45.5. The molecule has 0 saturated carbocycles. The summed E-state index contributed by atoms with van der Waals surface area (Å²) in [6.07, 6.45) is 48.4. The van der Waals surface area contributed by atoms with Crippen molar-refractivity contribution < 1.29 is 44.9 Å². The summed E-state index contributed by atoms with van der Waals surface area (Å²) in [4.78, 5) is 13.1. The van der Waals surface area contributed by atoms with E-state index < -0.39 is 55.6 Å². The molecule has 7 N–H and O–H groups in total. The maximum atomic E-state index is 13.1. The lowest BCUT2D eigenvalue weighted by Gasteiger charge is -2.40. The highest BCUT2D eigenvalue weighted by molar-refractivity contribution is 5.76. The van der Waals surface area contributed by atoms with E-state index in [1.807, 2.05) is 0 Å².